The zero-order valence-electron chi connectivity index (χ0n) is 29.6. The number of hydrogen-bond acceptors (Lipinski definition) is 8. The maximum atomic E-state index is 13.4. The Hall–Kier alpha value is -1.51. The summed E-state index contributed by atoms with van der Waals surface area (Å²) in [4.78, 5) is 17.8. The van der Waals surface area contributed by atoms with Gasteiger partial charge in [-0.2, -0.15) is 0 Å². The molecule has 11 heteroatoms. The van der Waals surface area contributed by atoms with E-state index in [0.717, 1.165) is 0 Å². The summed E-state index contributed by atoms with van der Waals surface area (Å²) in [5, 5.41) is 0.0348. The lowest BCUT2D eigenvalue weighted by Gasteiger charge is -2.45. The maximum absolute atomic E-state index is 13.4. The van der Waals surface area contributed by atoms with Gasteiger partial charge in [-0.3, -0.25) is 0 Å². The second kappa shape index (κ2) is 16.1. The van der Waals surface area contributed by atoms with E-state index in [2.05, 4.69) is 81.4 Å². The molecule has 1 fully saturated rings. The van der Waals surface area contributed by atoms with Crippen LogP contribution in [0.4, 0.5) is 0 Å². The van der Waals surface area contributed by atoms with Crippen LogP contribution in [0.3, 0.4) is 0 Å². The number of nitrogens with zero attached hydrogens (tertiary/aromatic N) is 1. The molecule has 0 aliphatic carbocycles. The molecule has 0 aromatic carbocycles. The van der Waals surface area contributed by atoms with Crippen LogP contribution in [0.1, 0.15) is 92.0 Å². The fraction of sp³-hybridized carbons (Fsp3) is 0.647. The summed E-state index contributed by atoms with van der Waals surface area (Å²) in [5.41, 5.74) is -1.18. The molecule has 2 rings (SSSR count). The highest BCUT2D eigenvalue weighted by Gasteiger charge is 2.50. The fourth-order valence-corrected chi connectivity index (χ4v) is 6.03. The first-order chi connectivity index (χ1) is 20.7. The standard InChI is InChI=1S/C34H55BINO7Si/c1-14-18-28(42-45(12,13)31(2,3)4)32(5,6)27(20-17-22-36)41-30(38)26-24-40-29(37-26)23-25(39-11)19-15-16-21-35-43-33(7,8)34(9,10)44-35/h14-19,21-22,24-25,27-28H,20,23H2,1-13H3/b18-14+,19-15+,21-16+,22-17-/t25-,27-,28-/m0/s1. The van der Waals surface area contributed by atoms with Gasteiger partial charge in [0.05, 0.1) is 29.8 Å². The average molecular weight is 756 g/mol. The van der Waals surface area contributed by atoms with Crippen LogP contribution in [0.2, 0.25) is 18.1 Å². The third kappa shape index (κ3) is 10.8. The number of halogens is 1. The molecule has 0 N–H and O–H groups in total. The van der Waals surface area contributed by atoms with E-state index in [0.29, 0.717) is 18.7 Å². The number of rotatable bonds is 15. The molecule has 45 heavy (non-hydrogen) atoms. The van der Waals surface area contributed by atoms with Gasteiger partial charge in [0.1, 0.15) is 12.4 Å². The highest BCUT2D eigenvalue weighted by atomic mass is 127. The van der Waals surface area contributed by atoms with Crippen molar-refractivity contribution >= 4 is 44.0 Å². The molecule has 1 aromatic heterocycles. The molecule has 0 bridgehead atoms. The van der Waals surface area contributed by atoms with Gasteiger partial charge in [-0.1, -0.05) is 99.6 Å². The Morgan fingerprint density at radius 2 is 1.71 bits per heavy atom. The van der Waals surface area contributed by atoms with E-state index < -0.39 is 32.9 Å². The van der Waals surface area contributed by atoms with E-state index in [-0.39, 0.29) is 34.1 Å². The van der Waals surface area contributed by atoms with E-state index >= 15 is 0 Å². The van der Waals surface area contributed by atoms with Gasteiger partial charge >= 0.3 is 13.1 Å². The fourth-order valence-electron chi connectivity index (χ4n) is 4.37. The summed E-state index contributed by atoms with van der Waals surface area (Å²) in [7, 11) is -0.921. The molecule has 8 nitrogen and oxygen atoms in total. The zero-order valence-corrected chi connectivity index (χ0v) is 32.8. The Bertz CT molecular complexity index is 1210. The molecule has 252 valence electrons. The van der Waals surface area contributed by atoms with Gasteiger partial charge in [0, 0.05) is 18.9 Å². The smallest absolute Gasteiger partial charge is 0.457 e. The summed E-state index contributed by atoms with van der Waals surface area (Å²) < 4.78 is 38.2. The first kappa shape index (κ1) is 39.7. The van der Waals surface area contributed by atoms with Crippen molar-refractivity contribution in [1.82, 2.24) is 4.98 Å². The van der Waals surface area contributed by atoms with Crippen molar-refractivity contribution in [3.63, 3.8) is 0 Å². The highest BCUT2D eigenvalue weighted by molar-refractivity contribution is 14.1. The van der Waals surface area contributed by atoms with E-state index in [9.17, 15) is 4.79 Å². The predicted molar refractivity (Wildman–Crippen MR) is 193 cm³/mol. The second-order valence-corrected chi connectivity index (χ2v) is 20.1. The van der Waals surface area contributed by atoms with Crippen LogP contribution >= 0.6 is 22.6 Å². The normalized spacial score (nSPS) is 19.7. The lowest BCUT2D eigenvalue weighted by atomic mass is 9.79. The molecular formula is C34H55BINO7Si. The Balaban J connectivity index is 2.13. The number of hydrogen-bond donors (Lipinski definition) is 0. The number of ether oxygens (including phenoxy) is 2. The quantitative estimate of drug-likeness (QED) is 0.0577. The Morgan fingerprint density at radius 1 is 1.09 bits per heavy atom. The second-order valence-electron chi connectivity index (χ2n) is 14.6. The van der Waals surface area contributed by atoms with Crippen LogP contribution in [-0.2, 0) is 29.6 Å². The average Bonchev–Trinajstić information content (AvgIpc) is 3.47. The molecule has 1 aromatic rings. The summed E-state index contributed by atoms with van der Waals surface area (Å²) in [6.07, 6.45) is 12.9. The van der Waals surface area contributed by atoms with E-state index in [1.54, 1.807) is 7.11 Å². The number of methoxy groups -OCH3 is 1. The first-order valence-electron chi connectivity index (χ1n) is 15.7. The van der Waals surface area contributed by atoms with Crippen molar-refractivity contribution in [3.05, 3.63) is 64.4 Å². The first-order valence-corrected chi connectivity index (χ1v) is 19.8. The van der Waals surface area contributed by atoms with Gasteiger partial charge in [-0.15, -0.1) is 0 Å². The van der Waals surface area contributed by atoms with Crippen LogP contribution in [0.25, 0.3) is 0 Å². The van der Waals surface area contributed by atoms with Gasteiger partial charge in [-0.05, 0) is 56.8 Å². The monoisotopic (exact) mass is 755 g/mol. The van der Waals surface area contributed by atoms with Crippen molar-refractivity contribution in [1.29, 1.82) is 0 Å². The van der Waals surface area contributed by atoms with Crippen molar-refractivity contribution in [2.45, 2.75) is 130 Å². The van der Waals surface area contributed by atoms with Gasteiger partial charge in [0.15, 0.2) is 19.9 Å². The highest BCUT2D eigenvalue weighted by Crippen LogP contribution is 2.42. The SMILES string of the molecule is C/C=C/[C@H](O[Si](C)(C)C(C)(C)C)C(C)(C)[C@H](C/C=C\I)OC(=O)c1coc(C[C@H](/C=C/C=C/B2OC(C)(C)C(C)(C)O2)OC)n1. The van der Waals surface area contributed by atoms with Crippen molar-refractivity contribution in [3.8, 4) is 0 Å². The summed E-state index contributed by atoms with van der Waals surface area (Å²) >= 11 is 2.18. The Kier molecular flexibility index (Phi) is 14.2. The molecule has 2 heterocycles. The number of carbonyl (C=O) groups excluding carboxylic acids is 1. The minimum absolute atomic E-state index is 0.0348. The third-order valence-electron chi connectivity index (χ3n) is 9.26. The molecule has 1 aliphatic heterocycles. The van der Waals surface area contributed by atoms with Crippen molar-refractivity contribution in [2.24, 2.45) is 5.41 Å². The number of aromatic nitrogens is 1. The van der Waals surface area contributed by atoms with Gasteiger partial charge in [0.2, 0.25) is 0 Å². The topological polar surface area (TPSA) is 89.3 Å². The number of allylic oxidation sites excluding steroid dienone is 3. The number of oxazole rings is 1. The molecule has 0 spiro atoms. The Labute approximate surface area is 286 Å². The van der Waals surface area contributed by atoms with Crippen LogP contribution in [0, 0.1) is 5.41 Å². The third-order valence-corrected chi connectivity index (χ3v) is 14.2. The van der Waals surface area contributed by atoms with E-state index in [1.807, 2.05) is 75.1 Å². The van der Waals surface area contributed by atoms with Crippen LogP contribution in [-0.4, -0.2) is 63.0 Å². The van der Waals surface area contributed by atoms with Crippen molar-refractivity contribution < 1.29 is 32.4 Å². The Morgan fingerprint density at radius 3 is 2.24 bits per heavy atom. The molecule has 1 saturated heterocycles. The maximum Gasteiger partial charge on any atom is 0.487 e. The summed E-state index contributed by atoms with van der Waals surface area (Å²) in [5.74, 6) is 1.71. The lowest BCUT2D eigenvalue weighted by Crippen LogP contribution is -2.51. The molecule has 3 atom stereocenters. The minimum Gasteiger partial charge on any atom is -0.457 e. The summed E-state index contributed by atoms with van der Waals surface area (Å²) in [6, 6.07) is 0. The molecule has 0 amide bonds. The van der Waals surface area contributed by atoms with Crippen molar-refractivity contribution in [2.75, 3.05) is 7.11 Å². The van der Waals surface area contributed by atoms with E-state index in [4.69, 9.17) is 27.6 Å². The number of esters is 1. The van der Waals surface area contributed by atoms with Gasteiger partial charge in [-0.25, -0.2) is 9.78 Å². The van der Waals surface area contributed by atoms with Crippen LogP contribution in [0.5, 0.6) is 0 Å². The van der Waals surface area contributed by atoms with Crippen LogP contribution in [0.15, 0.2) is 57.2 Å². The minimum atomic E-state index is -2.12. The predicted octanol–water partition coefficient (Wildman–Crippen LogP) is 8.83. The largest absolute Gasteiger partial charge is 0.487 e. The molecule has 0 saturated carbocycles. The van der Waals surface area contributed by atoms with Gasteiger partial charge < -0.3 is 27.6 Å². The molecule has 0 unspecified atom stereocenters. The van der Waals surface area contributed by atoms with E-state index in [1.165, 1.54) is 6.26 Å². The molecule has 0 radical (unpaired) electrons. The van der Waals surface area contributed by atoms with Crippen LogP contribution < -0.4 is 0 Å². The zero-order chi connectivity index (χ0) is 34.3. The summed E-state index contributed by atoms with van der Waals surface area (Å²) in [6.45, 7) is 25.4. The number of carbonyl (C=O) groups is 1. The lowest BCUT2D eigenvalue weighted by molar-refractivity contribution is -0.0420. The molecular weight excluding hydrogens is 700 g/mol. The van der Waals surface area contributed by atoms with Gasteiger partial charge in [0.25, 0.3) is 0 Å². The molecule has 1 aliphatic rings.